The molecule has 2 N–H and O–H groups in total. The number of carbonyl (C=O) groups excluding carboxylic acids is 3. The van der Waals surface area contributed by atoms with Crippen LogP contribution in [0.3, 0.4) is 0 Å². The van der Waals surface area contributed by atoms with Crippen molar-refractivity contribution in [2.24, 2.45) is 0 Å². The first-order valence-electron chi connectivity index (χ1n) is 9.33. The number of methoxy groups -OCH3 is 1. The number of benzene rings is 1. The SMILES string of the molecule is CCOC(=O)CNC(=O)Cc1csc(-c2ccc(OCCOC)c(NC(C)=O)c2)n1. The number of rotatable bonds is 11. The van der Waals surface area contributed by atoms with Crippen LogP contribution in [0.4, 0.5) is 5.69 Å². The van der Waals surface area contributed by atoms with Crippen LogP contribution in [0, 0.1) is 0 Å². The second-order valence-corrected chi connectivity index (χ2v) is 6.99. The van der Waals surface area contributed by atoms with Crippen LogP contribution in [-0.2, 0) is 30.3 Å². The molecule has 0 atom stereocenters. The fourth-order valence-electron chi connectivity index (χ4n) is 2.44. The van der Waals surface area contributed by atoms with E-state index in [4.69, 9.17) is 14.2 Å². The highest BCUT2D eigenvalue weighted by atomic mass is 32.1. The van der Waals surface area contributed by atoms with Crippen molar-refractivity contribution in [3.8, 4) is 16.3 Å². The Morgan fingerprint density at radius 2 is 2.00 bits per heavy atom. The zero-order valence-corrected chi connectivity index (χ0v) is 18.0. The van der Waals surface area contributed by atoms with Gasteiger partial charge in [-0.2, -0.15) is 0 Å². The summed E-state index contributed by atoms with van der Waals surface area (Å²) >= 11 is 1.38. The van der Waals surface area contributed by atoms with E-state index in [1.54, 1.807) is 31.5 Å². The van der Waals surface area contributed by atoms with Gasteiger partial charge in [-0.1, -0.05) is 0 Å². The van der Waals surface area contributed by atoms with Crippen LogP contribution in [0.5, 0.6) is 5.75 Å². The topological polar surface area (TPSA) is 116 Å². The minimum Gasteiger partial charge on any atom is -0.489 e. The summed E-state index contributed by atoms with van der Waals surface area (Å²) in [7, 11) is 1.58. The maximum atomic E-state index is 12.0. The largest absolute Gasteiger partial charge is 0.489 e. The van der Waals surface area contributed by atoms with Gasteiger partial charge in [-0.15, -0.1) is 11.3 Å². The quantitative estimate of drug-likeness (QED) is 0.410. The van der Waals surface area contributed by atoms with E-state index in [-0.39, 0.29) is 31.4 Å². The Morgan fingerprint density at radius 3 is 2.70 bits per heavy atom. The number of hydrogen-bond donors (Lipinski definition) is 2. The van der Waals surface area contributed by atoms with Crippen LogP contribution >= 0.6 is 11.3 Å². The van der Waals surface area contributed by atoms with Gasteiger partial charge in [-0.25, -0.2) is 4.98 Å². The number of carbonyl (C=O) groups is 3. The van der Waals surface area contributed by atoms with Crippen LogP contribution in [0.2, 0.25) is 0 Å². The maximum absolute atomic E-state index is 12.0. The smallest absolute Gasteiger partial charge is 0.325 e. The van der Waals surface area contributed by atoms with Gasteiger partial charge in [0.15, 0.2) is 0 Å². The van der Waals surface area contributed by atoms with Gasteiger partial charge in [0.1, 0.15) is 23.9 Å². The predicted octanol–water partition coefficient (Wildman–Crippen LogP) is 2.02. The third-order valence-electron chi connectivity index (χ3n) is 3.71. The molecule has 1 heterocycles. The molecule has 2 rings (SSSR count). The Kier molecular flexibility index (Phi) is 9.23. The van der Waals surface area contributed by atoms with E-state index >= 15 is 0 Å². The van der Waals surface area contributed by atoms with Gasteiger partial charge in [0, 0.05) is 25.0 Å². The molecule has 1 aromatic carbocycles. The van der Waals surface area contributed by atoms with E-state index in [1.807, 2.05) is 6.07 Å². The van der Waals surface area contributed by atoms with Gasteiger partial charge < -0.3 is 24.8 Å². The summed E-state index contributed by atoms with van der Waals surface area (Å²) in [5, 5.41) is 7.73. The summed E-state index contributed by atoms with van der Waals surface area (Å²) < 4.78 is 15.4. The lowest BCUT2D eigenvalue weighted by molar-refractivity contribution is -0.143. The molecular formula is C20H25N3O6S. The lowest BCUT2D eigenvalue weighted by atomic mass is 10.2. The summed E-state index contributed by atoms with van der Waals surface area (Å²) in [6.07, 6.45) is 0.0483. The number of amides is 2. The van der Waals surface area contributed by atoms with Crippen LogP contribution < -0.4 is 15.4 Å². The number of nitrogens with zero attached hydrogens (tertiary/aromatic N) is 1. The van der Waals surface area contributed by atoms with Crippen molar-refractivity contribution in [3.63, 3.8) is 0 Å². The maximum Gasteiger partial charge on any atom is 0.325 e. The molecule has 30 heavy (non-hydrogen) atoms. The van der Waals surface area contributed by atoms with Crippen molar-refractivity contribution >= 4 is 34.8 Å². The fourth-order valence-corrected chi connectivity index (χ4v) is 3.26. The fraction of sp³-hybridized carbons (Fsp3) is 0.400. The normalized spacial score (nSPS) is 10.4. The van der Waals surface area contributed by atoms with Crippen LogP contribution in [0.15, 0.2) is 23.6 Å². The molecular weight excluding hydrogens is 410 g/mol. The molecule has 0 spiro atoms. The number of esters is 1. The van der Waals surface area contributed by atoms with E-state index in [0.717, 1.165) is 5.56 Å². The first-order valence-corrected chi connectivity index (χ1v) is 10.2. The Balaban J connectivity index is 2.06. The lowest BCUT2D eigenvalue weighted by Gasteiger charge is -2.12. The van der Waals surface area contributed by atoms with Gasteiger partial charge >= 0.3 is 5.97 Å². The molecule has 2 amide bonds. The molecule has 1 aromatic heterocycles. The molecule has 162 valence electrons. The molecule has 0 saturated carbocycles. The van der Waals surface area contributed by atoms with E-state index in [1.165, 1.54) is 18.3 Å². The minimum absolute atomic E-state index is 0.0483. The summed E-state index contributed by atoms with van der Waals surface area (Å²) in [6, 6.07) is 5.35. The van der Waals surface area contributed by atoms with Crippen molar-refractivity contribution in [1.82, 2.24) is 10.3 Å². The number of nitrogens with one attached hydrogen (secondary N) is 2. The molecule has 10 heteroatoms. The zero-order chi connectivity index (χ0) is 21.9. The summed E-state index contributed by atoms with van der Waals surface area (Å²) in [4.78, 5) is 39.3. The predicted molar refractivity (Wildman–Crippen MR) is 113 cm³/mol. The van der Waals surface area contributed by atoms with Crippen molar-refractivity contribution in [2.75, 3.05) is 38.8 Å². The molecule has 0 aliphatic carbocycles. The Hall–Kier alpha value is -2.98. The highest BCUT2D eigenvalue weighted by molar-refractivity contribution is 7.13. The Morgan fingerprint density at radius 1 is 1.20 bits per heavy atom. The molecule has 0 aliphatic rings. The molecule has 0 fully saturated rings. The van der Waals surface area contributed by atoms with Crippen molar-refractivity contribution in [1.29, 1.82) is 0 Å². The lowest BCUT2D eigenvalue weighted by Crippen LogP contribution is -2.31. The summed E-state index contributed by atoms with van der Waals surface area (Å²) in [5.74, 6) is -0.494. The highest BCUT2D eigenvalue weighted by Crippen LogP contribution is 2.32. The monoisotopic (exact) mass is 435 g/mol. The van der Waals surface area contributed by atoms with Crippen LogP contribution in [0.25, 0.3) is 10.6 Å². The molecule has 2 aromatic rings. The number of anilines is 1. The van der Waals surface area contributed by atoms with E-state index in [2.05, 4.69) is 15.6 Å². The molecule has 0 bridgehead atoms. The highest BCUT2D eigenvalue weighted by Gasteiger charge is 2.13. The second-order valence-electron chi connectivity index (χ2n) is 6.14. The van der Waals surface area contributed by atoms with Gasteiger partial charge in [-0.05, 0) is 25.1 Å². The van der Waals surface area contributed by atoms with E-state index in [9.17, 15) is 14.4 Å². The van der Waals surface area contributed by atoms with Gasteiger partial charge in [0.25, 0.3) is 0 Å². The average Bonchev–Trinajstić information content (AvgIpc) is 3.16. The minimum atomic E-state index is -0.483. The average molecular weight is 436 g/mol. The molecule has 9 nitrogen and oxygen atoms in total. The Bertz CT molecular complexity index is 883. The molecule has 0 saturated heterocycles. The first kappa shape index (κ1) is 23.3. The molecule has 0 unspecified atom stereocenters. The Labute approximate surface area is 178 Å². The second kappa shape index (κ2) is 11.9. The zero-order valence-electron chi connectivity index (χ0n) is 17.1. The molecule has 0 aliphatic heterocycles. The van der Waals surface area contributed by atoms with Gasteiger partial charge in [0.05, 0.1) is 31.0 Å². The van der Waals surface area contributed by atoms with Gasteiger partial charge in [0.2, 0.25) is 11.8 Å². The first-order chi connectivity index (χ1) is 14.4. The van der Waals surface area contributed by atoms with E-state index in [0.29, 0.717) is 35.4 Å². The third-order valence-corrected chi connectivity index (χ3v) is 4.65. The standard InChI is InChI=1S/C20H25N3O6S/c1-4-28-19(26)11-21-18(25)10-15-12-30-20(23-15)14-5-6-17(29-8-7-27-3)16(9-14)22-13(2)24/h5-6,9,12H,4,7-8,10-11H2,1-3H3,(H,21,25)(H,22,24). The van der Waals surface area contributed by atoms with Crippen molar-refractivity contribution < 1.29 is 28.6 Å². The third kappa shape index (κ3) is 7.45. The number of hydrogen-bond acceptors (Lipinski definition) is 8. The van der Waals surface area contributed by atoms with E-state index < -0.39 is 5.97 Å². The number of thiazole rings is 1. The molecule has 0 radical (unpaired) electrons. The van der Waals surface area contributed by atoms with Gasteiger partial charge in [-0.3, -0.25) is 14.4 Å². The van der Waals surface area contributed by atoms with Crippen molar-refractivity contribution in [2.45, 2.75) is 20.3 Å². The van der Waals surface area contributed by atoms with Crippen LogP contribution in [-0.4, -0.2) is 56.2 Å². The number of ether oxygens (including phenoxy) is 3. The summed E-state index contributed by atoms with van der Waals surface area (Å²) in [6.45, 7) is 3.99. The van der Waals surface area contributed by atoms with Crippen molar-refractivity contribution in [3.05, 3.63) is 29.3 Å². The summed E-state index contributed by atoms with van der Waals surface area (Å²) in [5.41, 5.74) is 1.89. The van der Waals surface area contributed by atoms with Crippen LogP contribution in [0.1, 0.15) is 19.5 Å². The number of aromatic nitrogens is 1.